The van der Waals surface area contributed by atoms with E-state index in [1.807, 2.05) is 37.3 Å². The Hall–Kier alpha value is -2.60. The van der Waals surface area contributed by atoms with E-state index in [1.54, 1.807) is 12.3 Å². The summed E-state index contributed by atoms with van der Waals surface area (Å²) in [5.74, 6) is 0.424. The van der Waals surface area contributed by atoms with E-state index >= 15 is 0 Å². The first-order valence-electron chi connectivity index (χ1n) is 9.17. The van der Waals surface area contributed by atoms with Crippen molar-refractivity contribution in [1.82, 2.24) is 9.88 Å². The molecule has 1 aliphatic heterocycles. The summed E-state index contributed by atoms with van der Waals surface area (Å²) >= 11 is 0. The molecule has 1 aliphatic rings. The van der Waals surface area contributed by atoms with Gasteiger partial charge in [0.2, 0.25) is 0 Å². The number of carbonyl (C=O) groups excluding carboxylic acids is 1. The first-order valence-corrected chi connectivity index (χ1v) is 9.17. The number of carbonyl (C=O) groups is 1. The second kappa shape index (κ2) is 8.67. The summed E-state index contributed by atoms with van der Waals surface area (Å²) in [6, 6.07) is 11.2. The highest BCUT2D eigenvalue weighted by atomic mass is 16.5. The minimum Gasteiger partial charge on any atom is -0.492 e. The number of nitrogens with zero attached hydrogens (tertiary/aromatic N) is 3. The predicted molar refractivity (Wildman–Crippen MR) is 104 cm³/mol. The highest BCUT2D eigenvalue weighted by molar-refractivity contribution is 6.03. The number of rotatable bonds is 6. The average molecular weight is 354 g/mol. The van der Waals surface area contributed by atoms with Gasteiger partial charge in [0.05, 0.1) is 24.2 Å². The van der Waals surface area contributed by atoms with Gasteiger partial charge in [-0.25, -0.2) is 4.98 Å². The summed E-state index contributed by atoms with van der Waals surface area (Å²) in [5.41, 5.74) is 2.11. The van der Waals surface area contributed by atoms with Crippen molar-refractivity contribution >= 4 is 17.3 Å². The molecule has 0 bridgehead atoms. The van der Waals surface area contributed by atoms with Gasteiger partial charge >= 0.3 is 0 Å². The quantitative estimate of drug-likeness (QED) is 0.864. The van der Waals surface area contributed by atoms with Crippen LogP contribution in [0.15, 0.2) is 42.6 Å². The molecule has 2 aromatic rings. The van der Waals surface area contributed by atoms with Crippen molar-refractivity contribution in [3.8, 4) is 5.75 Å². The summed E-state index contributed by atoms with van der Waals surface area (Å²) in [7, 11) is 0. The molecule has 0 saturated carbocycles. The second-order valence-electron chi connectivity index (χ2n) is 6.21. The molecule has 0 unspecified atom stereocenters. The van der Waals surface area contributed by atoms with Gasteiger partial charge in [-0.3, -0.25) is 4.79 Å². The summed E-state index contributed by atoms with van der Waals surface area (Å²) in [4.78, 5) is 21.6. The normalized spacial score (nSPS) is 14.9. The van der Waals surface area contributed by atoms with Gasteiger partial charge in [-0.05, 0) is 37.7 Å². The Balaban J connectivity index is 1.64. The molecular weight excluding hydrogens is 328 g/mol. The zero-order valence-corrected chi connectivity index (χ0v) is 15.4. The van der Waals surface area contributed by atoms with E-state index in [1.165, 1.54) is 0 Å². The van der Waals surface area contributed by atoms with Crippen LogP contribution >= 0.6 is 0 Å². The van der Waals surface area contributed by atoms with Crippen LogP contribution in [0.25, 0.3) is 0 Å². The smallest absolute Gasteiger partial charge is 0.274 e. The van der Waals surface area contributed by atoms with E-state index in [0.29, 0.717) is 23.7 Å². The van der Waals surface area contributed by atoms with Crippen molar-refractivity contribution in [1.29, 1.82) is 0 Å². The minimum absolute atomic E-state index is 0.237. The number of pyridine rings is 1. The van der Waals surface area contributed by atoms with Crippen LogP contribution < -0.4 is 15.0 Å². The van der Waals surface area contributed by atoms with Crippen LogP contribution in [0.2, 0.25) is 0 Å². The third-order valence-electron chi connectivity index (χ3n) is 4.60. The first kappa shape index (κ1) is 18.2. The van der Waals surface area contributed by atoms with Crippen molar-refractivity contribution in [3.63, 3.8) is 0 Å². The lowest BCUT2D eigenvalue weighted by molar-refractivity contribution is 0.102. The predicted octanol–water partition coefficient (Wildman–Crippen LogP) is 2.87. The Labute approximate surface area is 154 Å². The molecule has 1 aromatic carbocycles. The third-order valence-corrected chi connectivity index (χ3v) is 4.60. The molecule has 26 heavy (non-hydrogen) atoms. The molecule has 138 valence electrons. The van der Waals surface area contributed by atoms with Crippen molar-refractivity contribution in [2.24, 2.45) is 0 Å². The number of piperazine rings is 1. The van der Waals surface area contributed by atoms with Gasteiger partial charge in [0.15, 0.2) is 0 Å². The van der Waals surface area contributed by atoms with E-state index in [2.05, 4.69) is 27.0 Å². The fraction of sp³-hybridized carbons (Fsp3) is 0.400. The number of nitrogens with one attached hydrogen (secondary N) is 1. The molecule has 1 amide bonds. The summed E-state index contributed by atoms with van der Waals surface area (Å²) < 4.78 is 5.54. The lowest BCUT2D eigenvalue weighted by Crippen LogP contribution is -2.46. The number of hydrogen-bond donors (Lipinski definition) is 1. The summed E-state index contributed by atoms with van der Waals surface area (Å²) in [6.45, 7) is 9.85. The number of hydrogen-bond acceptors (Lipinski definition) is 5. The third kappa shape index (κ3) is 4.32. The number of aromatic nitrogens is 1. The van der Waals surface area contributed by atoms with Crippen LogP contribution in [0.4, 0.5) is 11.4 Å². The lowest BCUT2D eigenvalue weighted by Gasteiger charge is -2.35. The number of likely N-dealkylation sites (N-methyl/N-ethyl adjacent to an activating group) is 1. The van der Waals surface area contributed by atoms with Crippen molar-refractivity contribution < 1.29 is 9.53 Å². The van der Waals surface area contributed by atoms with Crippen LogP contribution in [0.1, 0.15) is 24.3 Å². The van der Waals surface area contributed by atoms with Gasteiger partial charge in [0.1, 0.15) is 11.4 Å². The number of anilines is 2. The highest BCUT2D eigenvalue weighted by Crippen LogP contribution is 2.24. The highest BCUT2D eigenvalue weighted by Gasteiger charge is 2.17. The van der Waals surface area contributed by atoms with Gasteiger partial charge in [-0.15, -0.1) is 0 Å². The van der Waals surface area contributed by atoms with Gasteiger partial charge in [-0.1, -0.05) is 19.1 Å². The van der Waals surface area contributed by atoms with Crippen LogP contribution in [-0.4, -0.2) is 55.1 Å². The molecule has 3 rings (SSSR count). The van der Waals surface area contributed by atoms with Crippen LogP contribution in [-0.2, 0) is 0 Å². The molecule has 2 heterocycles. The molecule has 6 nitrogen and oxygen atoms in total. The Morgan fingerprint density at radius 3 is 2.54 bits per heavy atom. The number of amides is 1. The van der Waals surface area contributed by atoms with E-state index in [4.69, 9.17) is 4.74 Å². The molecular formula is C20H26N4O2. The standard InChI is InChI=1S/C20H26N4O2/c1-3-23-11-13-24(14-12-23)16-9-10-18(21-15-16)20(25)22-17-7-5-6-8-19(17)26-4-2/h5-10,15H,3-4,11-14H2,1-2H3,(H,22,25). The number of benzene rings is 1. The molecule has 6 heteroatoms. The monoisotopic (exact) mass is 354 g/mol. The minimum atomic E-state index is -0.237. The Kier molecular flexibility index (Phi) is 6.07. The molecule has 0 aliphatic carbocycles. The summed E-state index contributed by atoms with van der Waals surface area (Å²) in [5, 5.41) is 2.88. The Morgan fingerprint density at radius 2 is 1.88 bits per heavy atom. The van der Waals surface area contributed by atoms with Crippen molar-refractivity contribution in [3.05, 3.63) is 48.3 Å². The Morgan fingerprint density at radius 1 is 1.12 bits per heavy atom. The molecule has 1 fully saturated rings. The maximum Gasteiger partial charge on any atom is 0.274 e. The average Bonchev–Trinajstić information content (AvgIpc) is 2.70. The zero-order chi connectivity index (χ0) is 18.4. The van der Waals surface area contributed by atoms with E-state index in [0.717, 1.165) is 38.4 Å². The van der Waals surface area contributed by atoms with Crippen molar-refractivity contribution in [2.75, 3.05) is 49.5 Å². The van der Waals surface area contributed by atoms with E-state index < -0.39 is 0 Å². The lowest BCUT2D eigenvalue weighted by atomic mass is 10.2. The van der Waals surface area contributed by atoms with Crippen LogP contribution in [0.3, 0.4) is 0 Å². The molecule has 0 spiro atoms. The van der Waals surface area contributed by atoms with Gasteiger partial charge < -0.3 is 19.9 Å². The summed E-state index contributed by atoms with van der Waals surface area (Å²) in [6.07, 6.45) is 1.78. The second-order valence-corrected chi connectivity index (χ2v) is 6.21. The van der Waals surface area contributed by atoms with E-state index in [9.17, 15) is 4.79 Å². The number of ether oxygens (including phenoxy) is 1. The molecule has 1 saturated heterocycles. The molecule has 1 aromatic heterocycles. The van der Waals surface area contributed by atoms with Crippen LogP contribution in [0, 0.1) is 0 Å². The molecule has 0 radical (unpaired) electrons. The largest absolute Gasteiger partial charge is 0.492 e. The first-order chi connectivity index (χ1) is 12.7. The van der Waals surface area contributed by atoms with E-state index in [-0.39, 0.29) is 5.91 Å². The molecule has 0 atom stereocenters. The maximum absolute atomic E-state index is 12.5. The SMILES string of the molecule is CCOc1ccccc1NC(=O)c1ccc(N2CCN(CC)CC2)cn1. The van der Waals surface area contributed by atoms with Gasteiger partial charge in [0, 0.05) is 26.2 Å². The fourth-order valence-corrected chi connectivity index (χ4v) is 3.07. The Bertz CT molecular complexity index is 725. The fourth-order valence-electron chi connectivity index (χ4n) is 3.07. The van der Waals surface area contributed by atoms with Gasteiger partial charge in [0.25, 0.3) is 5.91 Å². The number of para-hydroxylation sites is 2. The zero-order valence-electron chi connectivity index (χ0n) is 15.4. The topological polar surface area (TPSA) is 57.7 Å². The van der Waals surface area contributed by atoms with Gasteiger partial charge in [-0.2, -0.15) is 0 Å². The van der Waals surface area contributed by atoms with Crippen LogP contribution in [0.5, 0.6) is 5.75 Å². The molecule has 1 N–H and O–H groups in total. The van der Waals surface area contributed by atoms with Crippen molar-refractivity contribution in [2.45, 2.75) is 13.8 Å². The maximum atomic E-state index is 12.5.